The van der Waals surface area contributed by atoms with Crippen molar-refractivity contribution in [1.82, 2.24) is 14.5 Å². The van der Waals surface area contributed by atoms with Crippen LogP contribution in [0.2, 0.25) is 0 Å². The summed E-state index contributed by atoms with van der Waals surface area (Å²) in [4.78, 5) is 21.7. The van der Waals surface area contributed by atoms with Crippen LogP contribution in [0.3, 0.4) is 0 Å². The maximum absolute atomic E-state index is 14.2. The second kappa shape index (κ2) is 10.4. The van der Waals surface area contributed by atoms with Crippen molar-refractivity contribution >= 4 is 32.6 Å². The van der Waals surface area contributed by atoms with E-state index < -0.39 is 33.4 Å². The molecule has 3 N–H and O–H groups in total. The van der Waals surface area contributed by atoms with Crippen LogP contribution >= 0.6 is 0 Å². The van der Waals surface area contributed by atoms with Crippen molar-refractivity contribution in [1.29, 1.82) is 0 Å². The molecule has 0 spiro atoms. The van der Waals surface area contributed by atoms with Gasteiger partial charge >= 0.3 is 0 Å². The normalized spacial score (nSPS) is 12.3. The molecule has 0 saturated carbocycles. The molecule has 0 aliphatic rings. The molecule has 0 amide bonds. The molecule has 2 aromatic heterocycles. The number of fused-ring (bicyclic) bond motifs is 1. The Kier molecular flexibility index (Phi) is 6.94. The first kappa shape index (κ1) is 26.8. The van der Waals surface area contributed by atoms with Gasteiger partial charge in [-0.2, -0.15) is 0 Å². The van der Waals surface area contributed by atoms with Gasteiger partial charge in [-0.3, -0.25) is 14.1 Å². The molecule has 40 heavy (non-hydrogen) atoms. The summed E-state index contributed by atoms with van der Waals surface area (Å²) in [6, 6.07) is 17.5. The molecule has 5 aromatic rings. The summed E-state index contributed by atoms with van der Waals surface area (Å²) in [6.45, 7) is 1.84. The number of ether oxygens (including phenoxy) is 1. The first-order chi connectivity index (χ1) is 19.1. The second-order valence-electron chi connectivity index (χ2n) is 8.92. The Morgan fingerprint density at radius 1 is 1.00 bits per heavy atom. The molecule has 0 fully saturated rings. The second-order valence-corrected chi connectivity index (χ2v) is 10.6. The van der Waals surface area contributed by atoms with Crippen LogP contribution in [0.4, 0.5) is 20.4 Å². The predicted molar refractivity (Wildman–Crippen MR) is 148 cm³/mol. The molecule has 1 atom stereocenters. The maximum atomic E-state index is 14.2. The van der Waals surface area contributed by atoms with Crippen molar-refractivity contribution in [2.75, 3.05) is 17.6 Å². The molecule has 0 bridgehead atoms. The minimum Gasteiger partial charge on any atom is -0.480 e. The summed E-state index contributed by atoms with van der Waals surface area (Å²) in [5.74, 6) is -2.13. The lowest BCUT2D eigenvalue weighted by molar-refractivity contribution is 0.385. The third-order valence-electron chi connectivity index (χ3n) is 6.41. The number of rotatable bonds is 7. The molecule has 3 aromatic carbocycles. The summed E-state index contributed by atoms with van der Waals surface area (Å²) in [6.07, 6.45) is 1.38. The lowest BCUT2D eigenvalue weighted by Crippen LogP contribution is -2.27. The van der Waals surface area contributed by atoms with Crippen molar-refractivity contribution in [3.8, 4) is 17.0 Å². The monoisotopic (exact) mass is 563 g/mol. The van der Waals surface area contributed by atoms with Gasteiger partial charge in [0.25, 0.3) is 15.6 Å². The van der Waals surface area contributed by atoms with Gasteiger partial charge in [-0.05, 0) is 48.4 Å². The van der Waals surface area contributed by atoms with Gasteiger partial charge in [-0.15, -0.1) is 0 Å². The Labute approximate surface area is 228 Å². The molecule has 0 aliphatic heterocycles. The number of nitrogens with one attached hydrogen (secondary N) is 1. The van der Waals surface area contributed by atoms with Crippen molar-refractivity contribution in [2.45, 2.75) is 17.9 Å². The van der Waals surface area contributed by atoms with E-state index in [4.69, 9.17) is 10.5 Å². The molecule has 0 aliphatic carbocycles. The summed E-state index contributed by atoms with van der Waals surface area (Å²) in [5, 5.41) is 0.265. The number of halogens is 2. The minimum absolute atomic E-state index is 0.0557. The number of nitrogen functional groups attached to an aromatic ring is 1. The SMILES string of the molecule is COc1ncc(-c2ccc3nc(N)n([C@H](C)c4ccccc4)c(=O)c3c2)cc1S(=O)(=O)Nc1ccc(F)cc1F. The zero-order chi connectivity index (χ0) is 28.6. The van der Waals surface area contributed by atoms with E-state index in [0.29, 0.717) is 22.7 Å². The molecule has 9 nitrogen and oxygen atoms in total. The van der Waals surface area contributed by atoms with Crippen LogP contribution in [-0.2, 0) is 10.0 Å². The van der Waals surface area contributed by atoms with E-state index in [1.165, 1.54) is 23.9 Å². The fourth-order valence-electron chi connectivity index (χ4n) is 4.36. The highest BCUT2D eigenvalue weighted by atomic mass is 32.2. The topological polar surface area (TPSA) is 129 Å². The van der Waals surface area contributed by atoms with Gasteiger partial charge in [0.15, 0.2) is 0 Å². The average molecular weight is 564 g/mol. The van der Waals surface area contributed by atoms with Crippen LogP contribution in [-0.4, -0.2) is 30.1 Å². The number of sulfonamides is 1. The summed E-state index contributed by atoms with van der Waals surface area (Å²) >= 11 is 0. The van der Waals surface area contributed by atoms with Crippen LogP contribution in [0, 0.1) is 11.6 Å². The van der Waals surface area contributed by atoms with E-state index in [9.17, 15) is 22.0 Å². The molecule has 0 unspecified atom stereocenters. The number of nitrogens with two attached hydrogens (primary N) is 1. The number of benzene rings is 3. The van der Waals surface area contributed by atoms with Gasteiger partial charge in [-0.1, -0.05) is 36.4 Å². The van der Waals surface area contributed by atoms with E-state index in [2.05, 4.69) is 14.7 Å². The molecule has 204 valence electrons. The van der Waals surface area contributed by atoms with Gasteiger partial charge in [-0.25, -0.2) is 27.2 Å². The van der Waals surface area contributed by atoms with Crippen LogP contribution in [0.25, 0.3) is 22.0 Å². The third-order valence-corrected chi connectivity index (χ3v) is 7.77. The number of aromatic nitrogens is 3. The van der Waals surface area contributed by atoms with Crippen molar-refractivity contribution in [2.24, 2.45) is 0 Å². The summed E-state index contributed by atoms with van der Waals surface area (Å²) in [7, 11) is -3.18. The van der Waals surface area contributed by atoms with Gasteiger partial charge in [0, 0.05) is 17.8 Å². The van der Waals surface area contributed by atoms with Crippen LogP contribution in [0.15, 0.2) is 88.7 Å². The predicted octanol–water partition coefficient (Wildman–Crippen LogP) is 4.74. The molecule has 5 rings (SSSR count). The van der Waals surface area contributed by atoms with E-state index in [-0.39, 0.29) is 27.7 Å². The minimum atomic E-state index is -4.42. The van der Waals surface area contributed by atoms with Gasteiger partial charge in [0.05, 0.1) is 29.7 Å². The molecule has 0 radical (unpaired) electrons. The zero-order valence-corrected chi connectivity index (χ0v) is 22.1. The molecule has 12 heteroatoms. The lowest BCUT2D eigenvalue weighted by Gasteiger charge is -2.18. The Morgan fingerprint density at radius 3 is 2.45 bits per heavy atom. The number of methoxy groups -OCH3 is 1. The largest absolute Gasteiger partial charge is 0.480 e. The first-order valence-electron chi connectivity index (χ1n) is 12.0. The van der Waals surface area contributed by atoms with Crippen molar-refractivity contribution < 1.29 is 21.9 Å². The van der Waals surface area contributed by atoms with E-state index in [0.717, 1.165) is 17.7 Å². The average Bonchev–Trinajstić information content (AvgIpc) is 2.94. The Bertz CT molecular complexity index is 1910. The molecule has 0 saturated heterocycles. The third kappa shape index (κ3) is 4.96. The first-order valence-corrected chi connectivity index (χ1v) is 13.5. The fraction of sp³-hybridized carbons (Fsp3) is 0.107. The molecular formula is C28H23F2N5O4S. The number of nitrogens with zero attached hydrogens (tertiary/aromatic N) is 3. The van der Waals surface area contributed by atoms with Crippen LogP contribution < -0.4 is 20.8 Å². The molecular weight excluding hydrogens is 540 g/mol. The number of hydrogen-bond acceptors (Lipinski definition) is 7. The van der Waals surface area contributed by atoms with E-state index >= 15 is 0 Å². The highest BCUT2D eigenvalue weighted by Gasteiger charge is 2.24. The van der Waals surface area contributed by atoms with Gasteiger partial charge < -0.3 is 10.5 Å². The van der Waals surface area contributed by atoms with Gasteiger partial charge in [0.1, 0.15) is 16.5 Å². The number of hydrogen-bond donors (Lipinski definition) is 2. The summed E-state index contributed by atoms with van der Waals surface area (Å²) in [5.41, 5.74) is 7.38. The van der Waals surface area contributed by atoms with Crippen LogP contribution in [0.5, 0.6) is 5.88 Å². The zero-order valence-electron chi connectivity index (χ0n) is 21.3. The Hall–Kier alpha value is -4.84. The Balaban J connectivity index is 1.59. The number of pyridine rings is 1. The highest BCUT2D eigenvalue weighted by molar-refractivity contribution is 7.92. The van der Waals surface area contributed by atoms with E-state index in [1.54, 1.807) is 18.2 Å². The quantitative estimate of drug-likeness (QED) is 0.293. The highest BCUT2D eigenvalue weighted by Crippen LogP contribution is 2.31. The number of anilines is 2. The fourth-order valence-corrected chi connectivity index (χ4v) is 5.57. The molecule has 2 heterocycles. The maximum Gasteiger partial charge on any atom is 0.267 e. The standard InChI is InChI=1S/C28H23F2N5O4S/c1-16(17-6-4-3-5-7-17)35-27(36)21-12-18(8-10-23(21)33-28(35)31)19-13-25(26(39-2)32-15-19)40(37,38)34-24-11-9-20(29)14-22(24)30/h3-16,34H,1-2H3,(H2,31,33)/t16-/m1/s1. The van der Waals surface area contributed by atoms with Crippen molar-refractivity contribution in [3.63, 3.8) is 0 Å². The lowest BCUT2D eigenvalue weighted by atomic mass is 10.0. The van der Waals surface area contributed by atoms with Gasteiger partial charge in [0.2, 0.25) is 11.8 Å². The Morgan fingerprint density at radius 2 is 1.75 bits per heavy atom. The van der Waals surface area contributed by atoms with Crippen molar-refractivity contribution in [3.05, 3.63) is 107 Å². The van der Waals surface area contributed by atoms with Crippen LogP contribution in [0.1, 0.15) is 18.5 Å². The summed E-state index contributed by atoms with van der Waals surface area (Å²) < 4.78 is 62.5. The smallest absolute Gasteiger partial charge is 0.267 e. The van der Waals surface area contributed by atoms with E-state index in [1.807, 2.05) is 37.3 Å².